The zero-order valence-corrected chi connectivity index (χ0v) is 18.8. The highest BCUT2D eigenvalue weighted by atomic mass is 16.3. The summed E-state index contributed by atoms with van der Waals surface area (Å²) in [5, 5.41) is 7.03. The number of anilines is 1. The maximum Gasteiger partial charge on any atom is 0.191 e. The molecule has 2 unspecified atom stereocenters. The summed E-state index contributed by atoms with van der Waals surface area (Å²) in [4.78, 5) is 9.98. The number of hydrogen-bond donors (Lipinski definition) is 2. The lowest BCUT2D eigenvalue weighted by molar-refractivity contribution is 0.150. The van der Waals surface area contributed by atoms with Crippen molar-refractivity contribution in [2.24, 2.45) is 10.9 Å². The van der Waals surface area contributed by atoms with Crippen LogP contribution < -0.4 is 15.5 Å². The van der Waals surface area contributed by atoms with E-state index in [-0.39, 0.29) is 6.04 Å². The van der Waals surface area contributed by atoms with Gasteiger partial charge in [0, 0.05) is 31.9 Å². The summed E-state index contributed by atoms with van der Waals surface area (Å²) in [5.41, 5.74) is 1.33. The molecule has 0 aliphatic carbocycles. The first-order chi connectivity index (χ1) is 15.3. The second-order valence-electron chi connectivity index (χ2n) is 8.66. The summed E-state index contributed by atoms with van der Waals surface area (Å²) in [6, 6.07) is 15.0. The number of nitrogens with one attached hydrogen (secondary N) is 2. The molecule has 168 valence electrons. The van der Waals surface area contributed by atoms with Crippen LogP contribution in [0.15, 0.2) is 58.1 Å². The Hall–Kier alpha value is -2.47. The first kappa shape index (κ1) is 21.8. The van der Waals surface area contributed by atoms with E-state index >= 15 is 0 Å². The van der Waals surface area contributed by atoms with Crippen molar-refractivity contribution in [3.8, 4) is 0 Å². The molecular formula is C25H37N5O. The zero-order chi connectivity index (χ0) is 21.3. The molecule has 6 heteroatoms. The summed E-state index contributed by atoms with van der Waals surface area (Å²) < 4.78 is 5.78. The number of aliphatic imine (C=N–C) groups is 1. The minimum absolute atomic E-state index is 0.214. The normalized spacial score (nSPS) is 21.3. The van der Waals surface area contributed by atoms with E-state index < -0.39 is 0 Å². The first-order valence-electron chi connectivity index (χ1n) is 11.9. The molecule has 0 spiro atoms. The molecule has 2 atom stereocenters. The number of rotatable bonds is 8. The van der Waals surface area contributed by atoms with Gasteiger partial charge in [0.25, 0.3) is 0 Å². The molecule has 0 amide bonds. The predicted octanol–water partition coefficient (Wildman–Crippen LogP) is 3.89. The van der Waals surface area contributed by atoms with Crippen molar-refractivity contribution in [2.45, 2.75) is 38.6 Å². The van der Waals surface area contributed by atoms with Crippen LogP contribution in [0.1, 0.15) is 44.4 Å². The molecule has 2 saturated heterocycles. The number of piperidine rings is 1. The van der Waals surface area contributed by atoms with E-state index in [9.17, 15) is 0 Å². The topological polar surface area (TPSA) is 56.0 Å². The molecule has 2 aliphatic heterocycles. The Labute approximate surface area is 186 Å². The molecule has 0 bridgehead atoms. The van der Waals surface area contributed by atoms with Crippen molar-refractivity contribution in [1.82, 2.24) is 15.5 Å². The second-order valence-corrected chi connectivity index (χ2v) is 8.66. The third-order valence-corrected chi connectivity index (χ3v) is 6.43. The van der Waals surface area contributed by atoms with Crippen molar-refractivity contribution < 1.29 is 4.42 Å². The van der Waals surface area contributed by atoms with Gasteiger partial charge in [-0.25, -0.2) is 0 Å². The van der Waals surface area contributed by atoms with Crippen LogP contribution in [0.5, 0.6) is 0 Å². The number of furan rings is 1. The number of guanidine groups is 1. The molecule has 3 heterocycles. The summed E-state index contributed by atoms with van der Waals surface area (Å²) in [7, 11) is 0. The third kappa shape index (κ3) is 6.03. The van der Waals surface area contributed by atoms with Crippen LogP contribution in [0, 0.1) is 5.92 Å². The predicted molar refractivity (Wildman–Crippen MR) is 128 cm³/mol. The Bertz CT molecular complexity index is 786. The van der Waals surface area contributed by atoms with Gasteiger partial charge in [0.05, 0.1) is 18.8 Å². The fraction of sp³-hybridized carbons (Fsp3) is 0.560. The lowest BCUT2D eigenvalue weighted by Crippen LogP contribution is -2.41. The summed E-state index contributed by atoms with van der Waals surface area (Å²) in [5.74, 6) is 2.57. The van der Waals surface area contributed by atoms with Gasteiger partial charge in [-0.1, -0.05) is 24.6 Å². The monoisotopic (exact) mass is 423 g/mol. The highest BCUT2D eigenvalue weighted by Gasteiger charge is 2.25. The maximum absolute atomic E-state index is 5.78. The Morgan fingerprint density at radius 3 is 2.65 bits per heavy atom. The van der Waals surface area contributed by atoms with Gasteiger partial charge in [0.2, 0.25) is 0 Å². The van der Waals surface area contributed by atoms with E-state index in [1.165, 1.54) is 31.4 Å². The molecule has 2 N–H and O–H groups in total. The molecule has 0 saturated carbocycles. The van der Waals surface area contributed by atoms with Gasteiger partial charge in [-0.3, -0.25) is 9.89 Å². The van der Waals surface area contributed by atoms with Gasteiger partial charge in [0.1, 0.15) is 5.76 Å². The molecule has 4 rings (SSSR count). The van der Waals surface area contributed by atoms with Gasteiger partial charge in [-0.15, -0.1) is 0 Å². The highest BCUT2D eigenvalue weighted by molar-refractivity contribution is 5.79. The van der Waals surface area contributed by atoms with E-state index in [0.29, 0.717) is 12.5 Å². The summed E-state index contributed by atoms with van der Waals surface area (Å²) >= 11 is 0. The SMILES string of the molecule is CCNC(=NCC(c1ccco1)N1CCCCC1)NCC1CCN(c2ccccc2)C1. The number of hydrogen-bond acceptors (Lipinski definition) is 4. The molecule has 1 aromatic heterocycles. The maximum atomic E-state index is 5.78. The Morgan fingerprint density at radius 1 is 1.06 bits per heavy atom. The van der Waals surface area contributed by atoms with E-state index in [4.69, 9.17) is 9.41 Å². The summed E-state index contributed by atoms with van der Waals surface area (Å²) in [6.45, 7) is 9.12. The van der Waals surface area contributed by atoms with Crippen LogP contribution in [0.2, 0.25) is 0 Å². The Morgan fingerprint density at radius 2 is 1.90 bits per heavy atom. The van der Waals surface area contributed by atoms with Crippen molar-refractivity contribution in [1.29, 1.82) is 0 Å². The lowest BCUT2D eigenvalue weighted by atomic mass is 10.1. The van der Waals surface area contributed by atoms with Gasteiger partial charge >= 0.3 is 0 Å². The van der Waals surface area contributed by atoms with Crippen molar-refractivity contribution >= 4 is 11.6 Å². The van der Waals surface area contributed by atoms with Crippen molar-refractivity contribution in [3.63, 3.8) is 0 Å². The van der Waals surface area contributed by atoms with Crippen LogP contribution in [-0.4, -0.2) is 56.7 Å². The average Bonchev–Trinajstić information content (AvgIpc) is 3.52. The van der Waals surface area contributed by atoms with Crippen LogP contribution >= 0.6 is 0 Å². The second kappa shape index (κ2) is 11.2. The molecule has 31 heavy (non-hydrogen) atoms. The average molecular weight is 424 g/mol. The van der Waals surface area contributed by atoms with E-state index in [2.05, 4.69) is 63.8 Å². The largest absolute Gasteiger partial charge is 0.468 e. The quantitative estimate of drug-likeness (QED) is 0.498. The Balaban J connectivity index is 1.34. The number of likely N-dealkylation sites (tertiary alicyclic amines) is 1. The smallest absolute Gasteiger partial charge is 0.191 e. The molecule has 2 fully saturated rings. The van der Waals surface area contributed by atoms with E-state index in [0.717, 1.165) is 51.0 Å². The number of benzene rings is 1. The van der Waals surface area contributed by atoms with E-state index in [1.54, 1.807) is 6.26 Å². The van der Waals surface area contributed by atoms with Crippen molar-refractivity contribution in [3.05, 3.63) is 54.5 Å². The van der Waals surface area contributed by atoms with Crippen LogP contribution in [-0.2, 0) is 0 Å². The van der Waals surface area contributed by atoms with Crippen LogP contribution in [0.3, 0.4) is 0 Å². The highest BCUT2D eigenvalue weighted by Crippen LogP contribution is 2.26. The van der Waals surface area contributed by atoms with Crippen molar-refractivity contribution in [2.75, 3.05) is 50.7 Å². The van der Waals surface area contributed by atoms with Gasteiger partial charge in [-0.05, 0) is 69.5 Å². The fourth-order valence-electron chi connectivity index (χ4n) is 4.73. The zero-order valence-electron chi connectivity index (χ0n) is 18.8. The van der Waals surface area contributed by atoms with Gasteiger partial charge < -0.3 is 20.0 Å². The van der Waals surface area contributed by atoms with Crippen LogP contribution in [0.25, 0.3) is 0 Å². The molecule has 1 aromatic carbocycles. The molecule has 2 aromatic rings. The Kier molecular flexibility index (Phi) is 7.88. The fourth-order valence-corrected chi connectivity index (χ4v) is 4.73. The molecule has 0 radical (unpaired) electrons. The summed E-state index contributed by atoms with van der Waals surface area (Å²) in [6.07, 6.45) is 6.84. The first-order valence-corrected chi connectivity index (χ1v) is 11.9. The van der Waals surface area contributed by atoms with Crippen LogP contribution in [0.4, 0.5) is 5.69 Å². The third-order valence-electron chi connectivity index (χ3n) is 6.43. The van der Waals surface area contributed by atoms with Gasteiger partial charge in [-0.2, -0.15) is 0 Å². The minimum Gasteiger partial charge on any atom is -0.468 e. The number of para-hydroxylation sites is 1. The van der Waals surface area contributed by atoms with Gasteiger partial charge in [0.15, 0.2) is 5.96 Å². The molecular weight excluding hydrogens is 386 g/mol. The lowest BCUT2D eigenvalue weighted by Gasteiger charge is -2.32. The molecule has 2 aliphatic rings. The standard InChI is InChI=1S/C25H37N5O/c1-2-26-25(27-18-21-13-16-30(20-21)22-10-5-3-6-11-22)28-19-23(24-12-9-17-31-24)29-14-7-4-8-15-29/h3,5-6,9-12,17,21,23H,2,4,7-8,13-16,18-20H2,1H3,(H2,26,27,28). The minimum atomic E-state index is 0.214. The number of nitrogens with zero attached hydrogens (tertiary/aromatic N) is 3. The molecule has 6 nitrogen and oxygen atoms in total. The van der Waals surface area contributed by atoms with E-state index in [1.807, 2.05) is 6.07 Å².